The molecule has 1 aromatic carbocycles. The lowest BCUT2D eigenvalue weighted by atomic mass is 9.88. The predicted octanol–water partition coefficient (Wildman–Crippen LogP) is 4.01. The molecule has 0 amide bonds. The topological polar surface area (TPSA) is 50.9 Å². The Hall–Kier alpha value is -1.87. The molecule has 1 aromatic heterocycles. The summed E-state index contributed by atoms with van der Waals surface area (Å²) in [5.41, 5.74) is 9.31. The fourth-order valence-electron chi connectivity index (χ4n) is 2.17. The van der Waals surface area contributed by atoms with E-state index >= 15 is 0 Å². The summed E-state index contributed by atoms with van der Waals surface area (Å²) in [4.78, 5) is 4.50. The molecule has 21 heavy (non-hydrogen) atoms. The number of hydrogen-bond acceptors (Lipinski definition) is 3. The van der Waals surface area contributed by atoms with Crippen molar-refractivity contribution >= 4 is 11.5 Å². The number of aromatic nitrogens is 1. The Balaban J connectivity index is 2.07. The largest absolute Gasteiger partial charge is 0.340 e. The molecular weight excluding hydrogens is 258 g/mol. The summed E-state index contributed by atoms with van der Waals surface area (Å²) < 4.78 is 0. The van der Waals surface area contributed by atoms with Crippen LogP contribution in [0.1, 0.15) is 38.3 Å². The van der Waals surface area contributed by atoms with Crippen LogP contribution in [0.4, 0.5) is 11.5 Å². The van der Waals surface area contributed by atoms with E-state index in [-0.39, 0.29) is 5.41 Å². The number of anilines is 2. The van der Waals surface area contributed by atoms with Crippen molar-refractivity contribution in [3.8, 4) is 0 Å². The number of rotatable bonds is 5. The van der Waals surface area contributed by atoms with E-state index in [4.69, 9.17) is 5.73 Å². The van der Waals surface area contributed by atoms with Gasteiger partial charge in [0.25, 0.3) is 0 Å². The standard InChI is InChI=1S/C18H25N3/c1-18(2,3)15-9-10-17(20-13-15)21-16-8-4-6-14(12-16)7-5-11-19/h4,6,8-10,12-13H,5,7,11,19H2,1-3H3,(H,20,21). The molecule has 0 unspecified atom stereocenters. The van der Waals surface area contributed by atoms with Gasteiger partial charge < -0.3 is 11.1 Å². The maximum Gasteiger partial charge on any atom is 0.130 e. The maximum absolute atomic E-state index is 5.56. The van der Waals surface area contributed by atoms with Crippen LogP contribution in [0.25, 0.3) is 0 Å². The average molecular weight is 283 g/mol. The number of benzene rings is 1. The van der Waals surface area contributed by atoms with E-state index in [1.807, 2.05) is 12.3 Å². The number of hydrogen-bond donors (Lipinski definition) is 2. The van der Waals surface area contributed by atoms with Crippen molar-refractivity contribution in [2.75, 3.05) is 11.9 Å². The first kappa shape index (κ1) is 15.5. The van der Waals surface area contributed by atoms with Crippen LogP contribution in [-0.2, 0) is 11.8 Å². The van der Waals surface area contributed by atoms with Gasteiger partial charge in [0.2, 0.25) is 0 Å². The second-order valence-corrected chi connectivity index (χ2v) is 6.40. The van der Waals surface area contributed by atoms with Crippen LogP contribution in [0, 0.1) is 0 Å². The fourth-order valence-corrected chi connectivity index (χ4v) is 2.17. The van der Waals surface area contributed by atoms with E-state index in [2.05, 4.69) is 61.4 Å². The van der Waals surface area contributed by atoms with Crippen LogP contribution >= 0.6 is 0 Å². The van der Waals surface area contributed by atoms with Crippen molar-refractivity contribution in [1.29, 1.82) is 0 Å². The molecule has 3 heteroatoms. The molecule has 0 atom stereocenters. The van der Waals surface area contributed by atoms with Crippen molar-refractivity contribution in [3.05, 3.63) is 53.7 Å². The van der Waals surface area contributed by atoms with Gasteiger partial charge in [-0.1, -0.05) is 39.0 Å². The van der Waals surface area contributed by atoms with E-state index in [0.29, 0.717) is 0 Å². The van der Waals surface area contributed by atoms with E-state index in [0.717, 1.165) is 30.9 Å². The molecule has 2 rings (SSSR count). The third kappa shape index (κ3) is 4.57. The van der Waals surface area contributed by atoms with E-state index in [1.54, 1.807) is 0 Å². The molecule has 0 radical (unpaired) electrons. The molecule has 0 saturated heterocycles. The zero-order valence-corrected chi connectivity index (χ0v) is 13.2. The summed E-state index contributed by atoms with van der Waals surface area (Å²) in [5.74, 6) is 0.874. The Bertz CT molecular complexity index is 568. The van der Waals surface area contributed by atoms with Gasteiger partial charge in [0, 0.05) is 11.9 Å². The van der Waals surface area contributed by atoms with Gasteiger partial charge in [-0.3, -0.25) is 0 Å². The Morgan fingerprint density at radius 1 is 1.14 bits per heavy atom. The highest BCUT2D eigenvalue weighted by molar-refractivity contribution is 5.57. The quantitative estimate of drug-likeness (QED) is 0.871. The minimum Gasteiger partial charge on any atom is -0.340 e. The first-order valence-corrected chi connectivity index (χ1v) is 7.51. The van der Waals surface area contributed by atoms with Crippen molar-refractivity contribution in [1.82, 2.24) is 4.98 Å². The third-order valence-electron chi connectivity index (χ3n) is 3.50. The smallest absolute Gasteiger partial charge is 0.130 e. The van der Waals surface area contributed by atoms with Crippen molar-refractivity contribution in [2.45, 2.75) is 39.0 Å². The van der Waals surface area contributed by atoms with Gasteiger partial charge in [-0.2, -0.15) is 0 Å². The molecular formula is C18H25N3. The summed E-state index contributed by atoms with van der Waals surface area (Å²) in [7, 11) is 0. The average Bonchev–Trinajstić information content (AvgIpc) is 2.45. The molecule has 3 N–H and O–H groups in total. The summed E-state index contributed by atoms with van der Waals surface area (Å²) in [5, 5.41) is 3.36. The van der Waals surface area contributed by atoms with Crippen molar-refractivity contribution < 1.29 is 0 Å². The van der Waals surface area contributed by atoms with Crippen LogP contribution in [0.15, 0.2) is 42.6 Å². The summed E-state index contributed by atoms with van der Waals surface area (Å²) >= 11 is 0. The summed E-state index contributed by atoms with van der Waals surface area (Å²) in [6.45, 7) is 7.31. The molecule has 3 nitrogen and oxygen atoms in total. The normalized spacial score (nSPS) is 11.4. The SMILES string of the molecule is CC(C)(C)c1ccc(Nc2cccc(CCCN)c2)nc1. The number of pyridine rings is 1. The van der Waals surface area contributed by atoms with E-state index in [9.17, 15) is 0 Å². The first-order valence-electron chi connectivity index (χ1n) is 7.51. The first-order chi connectivity index (χ1) is 9.99. The fraction of sp³-hybridized carbons (Fsp3) is 0.389. The lowest BCUT2D eigenvalue weighted by molar-refractivity contribution is 0.587. The Morgan fingerprint density at radius 2 is 1.95 bits per heavy atom. The highest BCUT2D eigenvalue weighted by atomic mass is 15.0. The van der Waals surface area contributed by atoms with Crippen LogP contribution in [0.2, 0.25) is 0 Å². The molecule has 2 aromatic rings. The van der Waals surface area contributed by atoms with Gasteiger partial charge in [0.1, 0.15) is 5.82 Å². The lowest BCUT2D eigenvalue weighted by Gasteiger charge is -2.18. The third-order valence-corrected chi connectivity index (χ3v) is 3.50. The number of nitrogens with one attached hydrogen (secondary N) is 1. The Kier molecular flexibility index (Phi) is 4.97. The molecule has 0 fully saturated rings. The molecule has 0 aliphatic heterocycles. The van der Waals surface area contributed by atoms with Crippen LogP contribution in [0.5, 0.6) is 0 Å². The molecule has 0 saturated carbocycles. The van der Waals surface area contributed by atoms with Crippen LogP contribution < -0.4 is 11.1 Å². The molecule has 0 bridgehead atoms. The van der Waals surface area contributed by atoms with E-state index < -0.39 is 0 Å². The second-order valence-electron chi connectivity index (χ2n) is 6.40. The Labute approximate surface area is 127 Å². The zero-order chi connectivity index (χ0) is 15.3. The number of nitrogens with two attached hydrogens (primary N) is 1. The van der Waals surface area contributed by atoms with Crippen molar-refractivity contribution in [2.24, 2.45) is 5.73 Å². The molecule has 0 spiro atoms. The lowest BCUT2D eigenvalue weighted by Crippen LogP contribution is -2.11. The molecule has 1 heterocycles. The van der Waals surface area contributed by atoms with Gasteiger partial charge >= 0.3 is 0 Å². The minimum atomic E-state index is 0.133. The zero-order valence-electron chi connectivity index (χ0n) is 13.2. The molecule has 0 aliphatic rings. The minimum absolute atomic E-state index is 0.133. The maximum atomic E-state index is 5.56. The van der Waals surface area contributed by atoms with Gasteiger partial charge in [0.15, 0.2) is 0 Å². The van der Waals surface area contributed by atoms with Gasteiger partial charge in [0.05, 0.1) is 0 Å². The van der Waals surface area contributed by atoms with Crippen molar-refractivity contribution in [3.63, 3.8) is 0 Å². The Morgan fingerprint density at radius 3 is 2.57 bits per heavy atom. The van der Waals surface area contributed by atoms with E-state index in [1.165, 1.54) is 11.1 Å². The van der Waals surface area contributed by atoms with Crippen LogP contribution in [0.3, 0.4) is 0 Å². The van der Waals surface area contributed by atoms with Crippen LogP contribution in [-0.4, -0.2) is 11.5 Å². The highest BCUT2D eigenvalue weighted by Crippen LogP contribution is 2.23. The molecule has 0 aliphatic carbocycles. The highest BCUT2D eigenvalue weighted by Gasteiger charge is 2.13. The van der Waals surface area contributed by atoms with Gasteiger partial charge in [-0.25, -0.2) is 4.98 Å². The monoisotopic (exact) mass is 283 g/mol. The van der Waals surface area contributed by atoms with Gasteiger partial charge in [-0.15, -0.1) is 0 Å². The predicted molar refractivity (Wildman–Crippen MR) is 90.0 cm³/mol. The summed E-state index contributed by atoms with van der Waals surface area (Å²) in [6.07, 6.45) is 3.98. The summed E-state index contributed by atoms with van der Waals surface area (Å²) in [6, 6.07) is 12.6. The van der Waals surface area contributed by atoms with Gasteiger partial charge in [-0.05, 0) is 54.1 Å². The number of aryl methyl sites for hydroxylation is 1. The second kappa shape index (κ2) is 6.72. The molecule has 112 valence electrons. The number of nitrogens with zero attached hydrogens (tertiary/aromatic N) is 1.